The maximum Gasteiger partial charge on any atom is 0.168 e. The molecule has 4 heteroatoms. The molecule has 0 radical (unpaired) electrons. The van der Waals surface area contributed by atoms with E-state index in [1.807, 2.05) is 24.0 Å². The van der Waals surface area contributed by atoms with Gasteiger partial charge in [-0.2, -0.15) is 0 Å². The molecule has 1 aromatic heterocycles. The van der Waals surface area contributed by atoms with Gasteiger partial charge < -0.3 is 9.30 Å². The van der Waals surface area contributed by atoms with Crippen molar-refractivity contribution < 1.29 is 4.74 Å². The van der Waals surface area contributed by atoms with Crippen molar-refractivity contribution in [1.29, 1.82) is 0 Å². The van der Waals surface area contributed by atoms with Crippen LogP contribution in [0.5, 0.6) is 0 Å². The number of hydrogen-bond acceptors (Lipinski definition) is 3. The highest BCUT2D eigenvalue weighted by Gasteiger charge is 2.20. The molecule has 1 fully saturated rings. The molecule has 60 valence electrons. The molecular weight excluding hydrogens is 160 g/mol. The molecule has 1 saturated heterocycles. The van der Waals surface area contributed by atoms with Crippen LogP contribution < -0.4 is 0 Å². The zero-order valence-electron chi connectivity index (χ0n) is 6.36. The largest absolute Gasteiger partial charge is 0.379 e. The minimum absolute atomic E-state index is 0.621. The van der Waals surface area contributed by atoms with E-state index in [2.05, 4.69) is 4.98 Å². The molecule has 0 atom stereocenters. The number of rotatable bonds is 2. The fourth-order valence-corrected chi connectivity index (χ4v) is 1.87. The number of thioether (sulfide) groups is 1. The maximum absolute atomic E-state index is 5.07. The Morgan fingerprint density at radius 2 is 2.55 bits per heavy atom. The summed E-state index contributed by atoms with van der Waals surface area (Å²) in [6.45, 7) is 1.75. The summed E-state index contributed by atoms with van der Waals surface area (Å²) in [6.07, 6.45) is 3.78. The van der Waals surface area contributed by atoms with E-state index in [1.54, 1.807) is 11.8 Å². The van der Waals surface area contributed by atoms with Crippen LogP contribution in [-0.4, -0.2) is 28.0 Å². The molecule has 1 aliphatic heterocycles. The van der Waals surface area contributed by atoms with Crippen molar-refractivity contribution in [2.75, 3.05) is 13.2 Å². The molecule has 0 aromatic carbocycles. The predicted octanol–water partition coefficient (Wildman–Crippen LogP) is 0.911. The minimum Gasteiger partial charge on any atom is -0.379 e. The predicted molar refractivity (Wildman–Crippen MR) is 43.7 cm³/mol. The smallest absolute Gasteiger partial charge is 0.168 e. The van der Waals surface area contributed by atoms with Gasteiger partial charge in [-0.05, 0) is 0 Å². The van der Waals surface area contributed by atoms with Crippen molar-refractivity contribution >= 4 is 11.8 Å². The molecule has 2 heterocycles. The van der Waals surface area contributed by atoms with Crippen molar-refractivity contribution in [2.24, 2.45) is 7.05 Å². The van der Waals surface area contributed by atoms with Crippen LogP contribution in [0.25, 0.3) is 0 Å². The first-order valence-corrected chi connectivity index (χ1v) is 4.46. The summed E-state index contributed by atoms with van der Waals surface area (Å²) in [7, 11) is 2.01. The highest BCUT2D eigenvalue weighted by atomic mass is 32.2. The Kier molecular flexibility index (Phi) is 1.87. The number of aromatic nitrogens is 2. The van der Waals surface area contributed by atoms with Crippen molar-refractivity contribution in [3.8, 4) is 0 Å². The van der Waals surface area contributed by atoms with Gasteiger partial charge in [0, 0.05) is 19.4 Å². The molecule has 0 amide bonds. The fourth-order valence-electron chi connectivity index (χ4n) is 0.897. The first-order chi connectivity index (χ1) is 5.36. The van der Waals surface area contributed by atoms with Crippen LogP contribution in [0.1, 0.15) is 0 Å². The summed E-state index contributed by atoms with van der Waals surface area (Å²) in [4.78, 5) is 4.21. The van der Waals surface area contributed by atoms with Crippen molar-refractivity contribution in [2.45, 2.75) is 10.4 Å². The third-order valence-electron chi connectivity index (χ3n) is 1.66. The highest BCUT2D eigenvalue weighted by molar-refractivity contribution is 7.99. The minimum atomic E-state index is 0.621. The summed E-state index contributed by atoms with van der Waals surface area (Å²) >= 11 is 1.79. The van der Waals surface area contributed by atoms with Gasteiger partial charge in [-0.15, -0.1) is 0 Å². The second kappa shape index (κ2) is 2.87. The topological polar surface area (TPSA) is 27.1 Å². The monoisotopic (exact) mass is 170 g/mol. The van der Waals surface area contributed by atoms with Crippen LogP contribution in [0.15, 0.2) is 17.6 Å². The molecule has 0 N–H and O–H groups in total. The van der Waals surface area contributed by atoms with Gasteiger partial charge in [0.2, 0.25) is 0 Å². The number of hydrogen-bond donors (Lipinski definition) is 0. The van der Waals surface area contributed by atoms with Crippen LogP contribution >= 0.6 is 11.8 Å². The van der Waals surface area contributed by atoms with Gasteiger partial charge in [-0.25, -0.2) is 4.98 Å². The van der Waals surface area contributed by atoms with Crippen LogP contribution in [0.2, 0.25) is 0 Å². The van der Waals surface area contributed by atoms with E-state index >= 15 is 0 Å². The van der Waals surface area contributed by atoms with Crippen LogP contribution in [-0.2, 0) is 11.8 Å². The van der Waals surface area contributed by atoms with E-state index < -0.39 is 0 Å². The Hall–Kier alpha value is -0.480. The average Bonchev–Trinajstić information content (AvgIpc) is 2.27. The molecule has 0 bridgehead atoms. The lowest BCUT2D eigenvalue weighted by Crippen LogP contribution is -2.30. The van der Waals surface area contributed by atoms with Crippen molar-refractivity contribution in [1.82, 2.24) is 9.55 Å². The number of nitrogens with zero attached hydrogens (tertiary/aromatic N) is 2. The first-order valence-electron chi connectivity index (χ1n) is 3.58. The Labute approximate surface area is 69.8 Å². The molecule has 0 saturated carbocycles. The second-order valence-electron chi connectivity index (χ2n) is 2.60. The van der Waals surface area contributed by atoms with Gasteiger partial charge in [0.05, 0.1) is 18.5 Å². The molecular formula is C7H10N2OS. The number of ether oxygens (including phenoxy) is 1. The lowest BCUT2D eigenvalue weighted by Gasteiger charge is -2.24. The van der Waals surface area contributed by atoms with Gasteiger partial charge in [-0.3, -0.25) is 0 Å². The lowest BCUT2D eigenvalue weighted by atomic mass is 10.4. The van der Waals surface area contributed by atoms with Gasteiger partial charge in [-0.1, -0.05) is 11.8 Å². The second-order valence-corrected chi connectivity index (χ2v) is 3.87. The Bertz CT molecular complexity index is 244. The third kappa shape index (κ3) is 1.41. The van der Waals surface area contributed by atoms with E-state index in [9.17, 15) is 0 Å². The average molecular weight is 170 g/mol. The summed E-state index contributed by atoms with van der Waals surface area (Å²) in [5.41, 5.74) is 0. The van der Waals surface area contributed by atoms with Crippen LogP contribution in [0.3, 0.4) is 0 Å². The fraction of sp³-hybridized carbons (Fsp3) is 0.571. The number of aryl methyl sites for hydroxylation is 1. The standard InChI is InChI=1S/C7H10N2OS/c1-9-3-2-8-7(9)11-6-4-10-5-6/h2-3,6H,4-5H2,1H3. The van der Waals surface area contributed by atoms with Crippen molar-refractivity contribution in [3.05, 3.63) is 12.4 Å². The zero-order valence-corrected chi connectivity index (χ0v) is 7.17. The Morgan fingerprint density at radius 3 is 3.00 bits per heavy atom. The first kappa shape index (κ1) is 7.18. The molecule has 2 rings (SSSR count). The van der Waals surface area contributed by atoms with Crippen molar-refractivity contribution in [3.63, 3.8) is 0 Å². The molecule has 3 nitrogen and oxygen atoms in total. The van der Waals surface area contributed by atoms with Gasteiger partial charge in [0.1, 0.15) is 0 Å². The van der Waals surface area contributed by atoms with Crippen LogP contribution in [0, 0.1) is 0 Å². The van der Waals surface area contributed by atoms with E-state index in [1.165, 1.54) is 0 Å². The molecule has 11 heavy (non-hydrogen) atoms. The van der Waals surface area contributed by atoms with Gasteiger partial charge in [0.25, 0.3) is 0 Å². The zero-order chi connectivity index (χ0) is 7.68. The van der Waals surface area contributed by atoms with E-state index in [4.69, 9.17) is 4.74 Å². The van der Waals surface area contributed by atoms with Crippen LogP contribution in [0.4, 0.5) is 0 Å². The Balaban J connectivity index is 1.99. The van der Waals surface area contributed by atoms with E-state index in [0.717, 1.165) is 18.4 Å². The molecule has 0 aliphatic carbocycles. The van der Waals surface area contributed by atoms with E-state index in [-0.39, 0.29) is 0 Å². The SMILES string of the molecule is Cn1ccnc1SC1COC1. The summed E-state index contributed by atoms with van der Waals surface area (Å²) < 4.78 is 7.10. The summed E-state index contributed by atoms with van der Waals surface area (Å²) in [5.74, 6) is 0. The quantitative estimate of drug-likeness (QED) is 0.660. The third-order valence-corrected chi connectivity index (χ3v) is 2.87. The molecule has 0 spiro atoms. The lowest BCUT2D eigenvalue weighted by molar-refractivity contribution is 0.0454. The maximum atomic E-state index is 5.07. The van der Waals surface area contributed by atoms with Gasteiger partial charge in [0.15, 0.2) is 5.16 Å². The summed E-state index contributed by atoms with van der Waals surface area (Å²) in [6, 6.07) is 0. The van der Waals surface area contributed by atoms with Gasteiger partial charge >= 0.3 is 0 Å². The number of imidazole rings is 1. The molecule has 1 aliphatic rings. The normalized spacial score (nSPS) is 18.3. The summed E-state index contributed by atoms with van der Waals surface area (Å²) in [5, 5.41) is 1.70. The Morgan fingerprint density at radius 1 is 1.73 bits per heavy atom. The van der Waals surface area contributed by atoms with E-state index in [0.29, 0.717) is 5.25 Å². The highest BCUT2D eigenvalue weighted by Crippen LogP contribution is 2.25. The molecule has 1 aromatic rings. The molecule has 0 unspecified atom stereocenters.